The summed E-state index contributed by atoms with van der Waals surface area (Å²) in [5.74, 6) is -1.17. The summed E-state index contributed by atoms with van der Waals surface area (Å²) in [5, 5.41) is 9.29. The molecule has 1 heterocycles. The van der Waals surface area contributed by atoms with Gasteiger partial charge < -0.3 is 9.84 Å². The zero-order valence-electron chi connectivity index (χ0n) is 14.0. The second-order valence-electron chi connectivity index (χ2n) is 6.01. The molecule has 0 bridgehead atoms. The maximum Gasteiger partial charge on any atom is 0.335 e. The maximum absolute atomic E-state index is 13.2. The van der Waals surface area contributed by atoms with Gasteiger partial charge in [-0.05, 0) is 48.2 Å². The summed E-state index contributed by atoms with van der Waals surface area (Å²) in [5.41, 5.74) is 2.99. The third-order valence-corrected chi connectivity index (χ3v) is 6.04. The number of carboxylic acid groups (broad SMARTS) is 1. The van der Waals surface area contributed by atoms with Crippen molar-refractivity contribution in [2.45, 2.75) is 24.8 Å². The van der Waals surface area contributed by atoms with Crippen LogP contribution in [0.2, 0.25) is 0 Å². The number of sulfonamides is 1. The number of carbonyl (C=O) groups is 1. The number of anilines is 1. The number of methoxy groups -OCH3 is 1. The van der Waals surface area contributed by atoms with E-state index in [0.717, 1.165) is 11.1 Å². The van der Waals surface area contributed by atoms with Crippen LogP contribution in [0.15, 0.2) is 41.3 Å². The second kappa shape index (κ2) is 6.50. The molecule has 25 heavy (non-hydrogen) atoms. The fourth-order valence-electron chi connectivity index (χ4n) is 3.16. The molecular formula is C18H19NO5S. The second-order valence-corrected chi connectivity index (χ2v) is 7.88. The number of hydrogen-bond acceptors (Lipinski definition) is 4. The van der Waals surface area contributed by atoms with Crippen LogP contribution in [0.25, 0.3) is 0 Å². The average Bonchev–Trinajstić information content (AvgIpc) is 3.01. The molecule has 1 aliphatic heterocycles. The minimum absolute atomic E-state index is 0.0319. The Morgan fingerprint density at radius 2 is 2.04 bits per heavy atom. The summed E-state index contributed by atoms with van der Waals surface area (Å²) in [6.07, 6.45) is 0.639. The lowest BCUT2D eigenvalue weighted by Crippen LogP contribution is -2.30. The molecule has 0 spiro atoms. The van der Waals surface area contributed by atoms with Crippen molar-refractivity contribution in [1.29, 1.82) is 0 Å². The largest absolute Gasteiger partial charge is 0.478 e. The smallest absolute Gasteiger partial charge is 0.335 e. The van der Waals surface area contributed by atoms with Crippen molar-refractivity contribution in [2.24, 2.45) is 0 Å². The first-order valence-corrected chi connectivity index (χ1v) is 9.26. The number of aromatic carboxylic acids is 1. The quantitative estimate of drug-likeness (QED) is 0.885. The normalized spacial score (nSPS) is 13.8. The Balaban J connectivity index is 2.12. The summed E-state index contributed by atoms with van der Waals surface area (Å²) in [4.78, 5) is 11.3. The molecule has 0 amide bonds. The molecule has 0 fully saturated rings. The van der Waals surface area contributed by atoms with Gasteiger partial charge in [0.05, 0.1) is 22.8 Å². The number of carboxylic acids is 1. The van der Waals surface area contributed by atoms with Gasteiger partial charge in [-0.1, -0.05) is 18.2 Å². The van der Waals surface area contributed by atoms with Crippen LogP contribution in [0.1, 0.15) is 27.0 Å². The number of ether oxygens (including phenoxy) is 1. The number of benzene rings is 2. The van der Waals surface area contributed by atoms with Gasteiger partial charge in [-0.25, -0.2) is 13.2 Å². The predicted molar refractivity (Wildman–Crippen MR) is 93.5 cm³/mol. The number of para-hydroxylation sites is 1. The fourth-order valence-corrected chi connectivity index (χ4v) is 4.83. The lowest BCUT2D eigenvalue weighted by molar-refractivity contribution is 0.0696. The van der Waals surface area contributed by atoms with Gasteiger partial charge in [0.1, 0.15) is 0 Å². The number of aryl methyl sites for hydroxylation is 1. The molecule has 2 aromatic rings. The SMILES string of the molecule is COCc1cc(C(=O)O)cc(S(=O)(=O)N2CCc3cccc(C)c32)c1. The molecular weight excluding hydrogens is 342 g/mol. The van der Waals surface area contributed by atoms with E-state index in [2.05, 4.69) is 0 Å². The molecule has 0 unspecified atom stereocenters. The van der Waals surface area contributed by atoms with Crippen LogP contribution in [0, 0.1) is 6.92 Å². The number of rotatable bonds is 5. The number of hydrogen-bond donors (Lipinski definition) is 1. The lowest BCUT2D eigenvalue weighted by Gasteiger charge is -2.22. The van der Waals surface area contributed by atoms with Crippen molar-refractivity contribution in [3.63, 3.8) is 0 Å². The molecule has 0 atom stereocenters. The van der Waals surface area contributed by atoms with Crippen LogP contribution in [0.3, 0.4) is 0 Å². The summed E-state index contributed by atoms with van der Waals surface area (Å²) >= 11 is 0. The van der Waals surface area contributed by atoms with E-state index in [1.165, 1.54) is 29.6 Å². The average molecular weight is 361 g/mol. The van der Waals surface area contributed by atoms with Gasteiger partial charge in [0.25, 0.3) is 10.0 Å². The molecule has 0 aromatic heterocycles. The van der Waals surface area contributed by atoms with Crippen LogP contribution in [0.5, 0.6) is 0 Å². The molecule has 1 N–H and O–H groups in total. The highest BCUT2D eigenvalue weighted by atomic mass is 32.2. The van der Waals surface area contributed by atoms with E-state index < -0.39 is 16.0 Å². The van der Waals surface area contributed by atoms with Gasteiger partial charge in [0, 0.05) is 13.7 Å². The molecule has 1 aliphatic rings. The van der Waals surface area contributed by atoms with Gasteiger partial charge in [-0.3, -0.25) is 4.31 Å². The third-order valence-electron chi connectivity index (χ3n) is 4.27. The summed E-state index contributed by atoms with van der Waals surface area (Å²) in [6.45, 7) is 2.36. The maximum atomic E-state index is 13.2. The number of nitrogens with zero attached hydrogens (tertiary/aromatic N) is 1. The zero-order chi connectivity index (χ0) is 18.2. The first kappa shape index (κ1) is 17.4. The Morgan fingerprint density at radius 1 is 1.28 bits per heavy atom. The first-order valence-electron chi connectivity index (χ1n) is 7.82. The summed E-state index contributed by atoms with van der Waals surface area (Å²) in [7, 11) is -2.38. The molecule has 0 aliphatic carbocycles. The van der Waals surface area contributed by atoms with Crippen molar-refractivity contribution in [3.8, 4) is 0 Å². The Hall–Kier alpha value is -2.38. The molecule has 0 saturated heterocycles. The summed E-state index contributed by atoms with van der Waals surface area (Å²) in [6, 6.07) is 9.80. The monoisotopic (exact) mass is 361 g/mol. The van der Waals surface area contributed by atoms with E-state index in [4.69, 9.17) is 4.74 Å². The molecule has 6 nitrogen and oxygen atoms in total. The van der Waals surface area contributed by atoms with Gasteiger partial charge >= 0.3 is 5.97 Å². The van der Waals surface area contributed by atoms with Crippen LogP contribution in [-0.2, 0) is 27.8 Å². The minimum Gasteiger partial charge on any atom is -0.478 e. The first-order chi connectivity index (χ1) is 11.8. The van der Waals surface area contributed by atoms with Crippen molar-refractivity contribution < 1.29 is 23.1 Å². The highest BCUT2D eigenvalue weighted by Crippen LogP contribution is 2.36. The Morgan fingerprint density at radius 3 is 2.72 bits per heavy atom. The molecule has 3 rings (SSSR count). The van der Waals surface area contributed by atoms with Crippen LogP contribution in [-0.4, -0.2) is 33.1 Å². The third kappa shape index (κ3) is 3.12. The molecule has 2 aromatic carbocycles. The van der Waals surface area contributed by atoms with E-state index in [9.17, 15) is 18.3 Å². The van der Waals surface area contributed by atoms with E-state index in [1.807, 2.05) is 25.1 Å². The highest BCUT2D eigenvalue weighted by molar-refractivity contribution is 7.92. The number of fused-ring (bicyclic) bond motifs is 1. The Bertz CT molecular complexity index is 936. The topological polar surface area (TPSA) is 83.9 Å². The minimum atomic E-state index is -3.86. The summed E-state index contributed by atoms with van der Waals surface area (Å²) < 4.78 is 32.7. The molecule has 7 heteroatoms. The van der Waals surface area contributed by atoms with Crippen molar-refractivity contribution in [1.82, 2.24) is 0 Å². The van der Waals surface area contributed by atoms with Crippen molar-refractivity contribution in [2.75, 3.05) is 18.0 Å². The standard InChI is InChI=1S/C18H19NO5S/c1-12-4-3-5-14-6-7-19(17(12)14)25(22,23)16-9-13(11-24-2)8-15(10-16)18(20)21/h3-5,8-10H,6-7,11H2,1-2H3,(H,20,21). The molecule has 0 saturated carbocycles. The van der Waals surface area contributed by atoms with Gasteiger partial charge in [-0.15, -0.1) is 0 Å². The predicted octanol–water partition coefficient (Wildman–Crippen LogP) is 2.59. The Labute approximate surface area is 146 Å². The van der Waals surface area contributed by atoms with Gasteiger partial charge in [0.2, 0.25) is 0 Å². The van der Waals surface area contributed by atoms with E-state index in [0.29, 0.717) is 24.2 Å². The lowest BCUT2D eigenvalue weighted by atomic mass is 10.1. The fraction of sp³-hybridized carbons (Fsp3) is 0.278. The Kier molecular flexibility index (Phi) is 4.53. The van der Waals surface area contributed by atoms with Crippen molar-refractivity contribution >= 4 is 21.7 Å². The van der Waals surface area contributed by atoms with E-state index in [-0.39, 0.29) is 17.1 Å². The van der Waals surface area contributed by atoms with Crippen LogP contribution < -0.4 is 4.31 Å². The van der Waals surface area contributed by atoms with Crippen LogP contribution in [0.4, 0.5) is 5.69 Å². The van der Waals surface area contributed by atoms with Crippen LogP contribution >= 0.6 is 0 Å². The highest BCUT2D eigenvalue weighted by Gasteiger charge is 2.32. The molecule has 0 radical (unpaired) electrons. The van der Waals surface area contributed by atoms with E-state index >= 15 is 0 Å². The van der Waals surface area contributed by atoms with Gasteiger partial charge in [0.15, 0.2) is 0 Å². The zero-order valence-corrected chi connectivity index (χ0v) is 14.8. The van der Waals surface area contributed by atoms with Crippen molar-refractivity contribution in [3.05, 3.63) is 58.7 Å². The molecule has 132 valence electrons. The van der Waals surface area contributed by atoms with E-state index in [1.54, 1.807) is 0 Å². The van der Waals surface area contributed by atoms with Gasteiger partial charge in [-0.2, -0.15) is 0 Å².